The summed E-state index contributed by atoms with van der Waals surface area (Å²) in [5, 5.41) is 25.7. The molecule has 5 N–H and O–H groups in total. The van der Waals surface area contributed by atoms with Gasteiger partial charge in [-0.25, -0.2) is 19.9 Å². The van der Waals surface area contributed by atoms with Crippen LogP contribution in [0.1, 0.15) is 51.4 Å². The fraction of sp³-hybridized carbons (Fsp3) is 0.250. The van der Waals surface area contributed by atoms with Gasteiger partial charge in [0.2, 0.25) is 11.2 Å². The zero-order chi connectivity index (χ0) is 47.7. The number of halogens is 4. The van der Waals surface area contributed by atoms with E-state index in [2.05, 4.69) is 84.1 Å². The first-order valence-corrected chi connectivity index (χ1v) is 23.8. The van der Waals surface area contributed by atoms with E-state index in [1.807, 2.05) is 66.9 Å². The van der Waals surface area contributed by atoms with Crippen LogP contribution in [0.5, 0.6) is 0 Å². The van der Waals surface area contributed by atoms with Crippen molar-refractivity contribution in [3.8, 4) is 33.9 Å². The van der Waals surface area contributed by atoms with E-state index in [1.54, 1.807) is 6.20 Å². The Hall–Kier alpha value is -5.40. The summed E-state index contributed by atoms with van der Waals surface area (Å²) in [6, 6.07) is 37.2. The van der Waals surface area contributed by atoms with E-state index in [4.69, 9.17) is 67.5 Å². The van der Waals surface area contributed by atoms with Gasteiger partial charge in [-0.15, -0.1) is 12.4 Å². The van der Waals surface area contributed by atoms with Gasteiger partial charge in [0, 0.05) is 57.8 Å². The molecule has 2 aliphatic carbocycles. The molecule has 0 spiro atoms. The lowest BCUT2D eigenvalue weighted by molar-refractivity contribution is 0.120. The third kappa shape index (κ3) is 14.3. The molecule has 10 rings (SSSR count). The largest absolute Gasteiger partial charge is 0.393 e. The van der Waals surface area contributed by atoms with Crippen LogP contribution >= 0.6 is 47.2 Å². The van der Waals surface area contributed by atoms with Crippen molar-refractivity contribution in [1.82, 2.24) is 29.1 Å². The molecule has 0 radical (unpaired) electrons. The lowest BCUT2D eigenvalue weighted by Gasteiger charge is -2.26. The molecule has 68 heavy (non-hydrogen) atoms. The van der Waals surface area contributed by atoms with E-state index in [1.165, 1.54) is 6.20 Å². The van der Waals surface area contributed by atoms with Crippen molar-refractivity contribution in [2.24, 2.45) is 5.73 Å². The molecular formula is C48H48Cl4N8O6S2. The Labute approximate surface area is 421 Å². The maximum atomic E-state index is 9.96. The van der Waals surface area contributed by atoms with Gasteiger partial charge in [0.25, 0.3) is 0 Å². The lowest BCUT2D eigenvalue weighted by atomic mass is 9.93. The first-order chi connectivity index (χ1) is 32.5. The predicted octanol–water partition coefficient (Wildman–Crippen LogP) is 10.2. The van der Waals surface area contributed by atoms with Crippen molar-refractivity contribution in [2.45, 2.75) is 75.7 Å². The quantitative estimate of drug-likeness (QED) is 0.115. The number of fused-ring (bicyclic) bond motifs is 2. The van der Waals surface area contributed by atoms with E-state index < -0.39 is 23.1 Å². The van der Waals surface area contributed by atoms with Crippen molar-refractivity contribution >= 4 is 98.1 Å². The Kier molecular flexibility index (Phi) is 21.2. The molecule has 14 nitrogen and oxygen atoms in total. The molecule has 0 saturated heterocycles. The third-order valence-corrected chi connectivity index (χ3v) is 11.9. The SMILES string of the molecule is Cl.Clc1ncc(Cl)c(-c2cn(-c3ccccc3)c3ccccc23)n1.N[C@@H]1CCC[C@@H](O)C1.O=S=O.O=S=O.O[C@@H]1CCC[C@@H](Nc2ncc(Cl)c(-c3cn(-c4ccccc4)c4ccccc34)n2)C1. The number of nitrogens with two attached hydrogens (primary N) is 1. The van der Waals surface area contributed by atoms with Crippen molar-refractivity contribution in [1.29, 1.82) is 0 Å². The zero-order valence-electron chi connectivity index (χ0n) is 36.3. The predicted molar refractivity (Wildman–Crippen MR) is 273 cm³/mol. The lowest BCUT2D eigenvalue weighted by Crippen LogP contribution is -2.30. The molecule has 4 aromatic carbocycles. The fourth-order valence-electron chi connectivity index (χ4n) is 8.18. The van der Waals surface area contributed by atoms with Gasteiger partial charge in [-0.05, 0) is 99.4 Å². The number of hydrogen-bond acceptors (Lipinski definition) is 12. The fourth-order valence-corrected chi connectivity index (χ4v) is 8.70. The minimum Gasteiger partial charge on any atom is -0.393 e. The number of para-hydroxylation sites is 4. The number of hydrogen-bond donors (Lipinski definition) is 4. The summed E-state index contributed by atoms with van der Waals surface area (Å²) in [6.07, 6.45) is 14.5. The highest BCUT2D eigenvalue weighted by Crippen LogP contribution is 2.37. The minimum atomic E-state index is -0.750. The molecule has 4 aromatic heterocycles. The summed E-state index contributed by atoms with van der Waals surface area (Å²) in [4.78, 5) is 17.4. The van der Waals surface area contributed by atoms with E-state index in [9.17, 15) is 5.11 Å². The van der Waals surface area contributed by atoms with Gasteiger partial charge >= 0.3 is 23.1 Å². The monoisotopic (exact) mass is 1040 g/mol. The highest BCUT2D eigenvalue weighted by atomic mass is 35.5. The van der Waals surface area contributed by atoms with Gasteiger partial charge in [0.05, 0.1) is 57.1 Å². The summed E-state index contributed by atoms with van der Waals surface area (Å²) in [6.45, 7) is 0. The second kappa shape index (κ2) is 27.0. The number of nitrogens with zero attached hydrogens (tertiary/aromatic N) is 6. The van der Waals surface area contributed by atoms with Crippen LogP contribution in [0.15, 0.2) is 134 Å². The van der Waals surface area contributed by atoms with Crippen molar-refractivity contribution in [2.75, 3.05) is 5.32 Å². The van der Waals surface area contributed by atoms with Gasteiger partial charge in [-0.1, -0.05) is 96.0 Å². The standard InChI is InChI=1S/C24H23ClN4O.C18H11Cl2N3.C6H13NO.ClH.2O2S/c25-21-14-26-24(27-16-7-6-10-18(30)13-16)28-23(21)20-15-29(17-8-2-1-3-9-17)22-12-5-4-11-19(20)22;19-15-10-21-18(20)22-17(15)14-11-23(12-6-2-1-3-7-12)16-9-5-4-8-13(14)16;7-5-2-1-3-6(8)4-5;;2*1-3-2/h1-5,8-9,11-12,14-16,18,30H,6-7,10,13H2,(H,26,27,28);1-11H;5-6,8H,1-4,7H2;1H;;/t16-,18-;;5-,6-;;;/m1.1.../s1. The number of aliphatic hydroxyl groups excluding tert-OH is 2. The Morgan fingerprint density at radius 2 is 1.03 bits per heavy atom. The van der Waals surface area contributed by atoms with Gasteiger partial charge in [0.15, 0.2) is 0 Å². The first-order valence-electron chi connectivity index (χ1n) is 21.3. The molecule has 356 valence electrons. The highest BCUT2D eigenvalue weighted by molar-refractivity contribution is 7.52. The van der Waals surface area contributed by atoms with Crippen LogP contribution < -0.4 is 11.1 Å². The molecule has 8 aromatic rings. The molecule has 4 heterocycles. The Bertz CT molecular complexity index is 2920. The topological polar surface area (TPSA) is 208 Å². The molecule has 2 fully saturated rings. The Morgan fingerprint density at radius 1 is 0.588 bits per heavy atom. The van der Waals surface area contributed by atoms with Crippen LogP contribution in [0.25, 0.3) is 55.7 Å². The van der Waals surface area contributed by atoms with Gasteiger partial charge in [0.1, 0.15) is 0 Å². The second-order valence-corrected chi connectivity index (χ2v) is 17.1. The maximum Gasteiger partial charge on any atom is 0.335 e. The Morgan fingerprint density at radius 3 is 1.50 bits per heavy atom. The summed E-state index contributed by atoms with van der Waals surface area (Å²) in [5.74, 6) is 0.546. The molecule has 4 atom stereocenters. The minimum absolute atomic E-state index is 0. The molecule has 0 unspecified atom stereocenters. The number of anilines is 1. The van der Waals surface area contributed by atoms with Gasteiger partial charge in [-0.3, -0.25) is 0 Å². The van der Waals surface area contributed by atoms with Crippen LogP contribution in [0.2, 0.25) is 15.3 Å². The maximum absolute atomic E-state index is 9.96. The average molecular weight is 1040 g/mol. The summed E-state index contributed by atoms with van der Waals surface area (Å²) < 4.78 is 37.4. The van der Waals surface area contributed by atoms with Crippen LogP contribution in [0, 0.1) is 0 Å². The van der Waals surface area contributed by atoms with Crippen LogP contribution in [-0.4, -0.2) is 80.4 Å². The van der Waals surface area contributed by atoms with Crippen molar-refractivity contribution in [3.05, 3.63) is 149 Å². The van der Waals surface area contributed by atoms with E-state index >= 15 is 0 Å². The summed E-state index contributed by atoms with van der Waals surface area (Å²) in [5.41, 5.74) is 13.1. The first kappa shape index (κ1) is 53.6. The number of aliphatic hydroxyl groups is 2. The summed E-state index contributed by atoms with van der Waals surface area (Å²) >= 11 is 17.3. The summed E-state index contributed by atoms with van der Waals surface area (Å²) in [7, 11) is 0. The van der Waals surface area contributed by atoms with Crippen molar-refractivity contribution in [3.63, 3.8) is 0 Å². The molecule has 0 amide bonds. The van der Waals surface area contributed by atoms with Crippen LogP contribution in [0.3, 0.4) is 0 Å². The number of aromatic nitrogens is 6. The van der Waals surface area contributed by atoms with Gasteiger partial charge < -0.3 is 30.4 Å². The normalized spacial score (nSPS) is 17.2. The van der Waals surface area contributed by atoms with E-state index in [-0.39, 0.29) is 42.0 Å². The third-order valence-electron chi connectivity index (χ3n) is 11.1. The molecule has 0 bridgehead atoms. The number of benzene rings is 4. The molecule has 2 aliphatic rings. The smallest absolute Gasteiger partial charge is 0.335 e. The number of rotatable bonds is 6. The zero-order valence-corrected chi connectivity index (χ0v) is 41.0. The molecule has 20 heteroatoms. The molecular weight excluding hydrogens is 991 g/mol. The van der Waals surface area contributed by atoms with Crippen molar-refractivity contribution < 1.29 is 27.0 Å². The van der Waals surface area contributed by atoms with Gasteiger partial charge in [-0.2, -0.15) is 16.8 Å². The van der Waals surface area contributed by atoms with Crippen LogP contribution in [-0.2, 0) is 23.1 Å². The Balaban J connectivity index is 0.000000200. The van der Waals surface area contributed by atoms with E-state index in [0.29, 0.717) is 33.8 Å². The second-order valence-electron chi connectivity index (χ2n) is 15.6. The number of nitrogens with one attached hydrogen (secondary N) is 1. The van der Waals surface area contributed by atoms with Crippen LogP contribution in [0.4, 0.5) is 5.95 Å². The highest BCUT2D eigenvalue weighted by Gasteiger charge is 2.22. The average Bonchev–Trinajstić information content (AvgIpc) is 3.92. The molecule has 0 aliphatic heterocycles. The molecule has 2 saturated carbocycles. The van der Waals surface area contributed by atoms with E-state index in [0.717, 1.165) is 89.3 Å².